The molecule has 1 aromatic carbocycles. The first-order valence-corrected chi connectivity index (χ1v) is 4.19. The van der Waals surface area contributed by atoms with Crippen LogP contribution in [0.3, 0.4) is 0 Å². The minimum atomic E-state index is -0.253. The van der Waals surface area contributed by atoms with Crippen LogP contribution in [0, 0.1) is 0 Å². The van der Waals surface area contributed by atoms with Crippen molar-refractivity contribution in [2.45, 2.75) is 6.61 Å². The first-order chi connectivity index (χ1) is 6.77. The van der Waals surface area contributed by atoms with E-state index in [1.165, 1.54) is 7.11 Å². The van der Waals surface area contributed by atoms with E-state index in [1.54, 1.807) is 19.2 Å². The topological polar surface area (TPSA) is 47.6 Å². The Kier molecular flexibility index (Phi) is 4.10. The van der Waals surface area contributed by atoms with E-state index < -0.39 is 0 Å². The normalized spacial score (nSPS) is 9.86. The Balaban J connectivity index is 2.67. The molecule has 0 aliphatic carbocycles. The second-order valence-electron chi connectivity index (χ2n) is 2.77. The van der Waals surface area contributed by atoms with Crippen LogP contribution in [0.25, 0.3) is 0 Å². The highest BCUT2D eigenvalue weighted by Crippen LogP contribution is 2.05. The van der Waals surface area contributed by atoms with Crippen molar-refractivity contribution in [3.8, 4) is 0 Å². The molecule has 0 unspecified atom stereocenters. The molecule has 0 heterocycles. The summed E-state index contributed by atoms with van der Waals surface area (Å²) in [5.74, 6) is -0.253. The van der Waals surface area contributed by atoms with Gasteiger partial charge in [0.05, 0.1) is 13.7 Å². The van der Waals surface area contributed by atoms with Crippen LogP contribution in [-0.2, 0) is 16.2 Å². The second-order valence-corrected chi connectivity index (χ2v) is 2.77. The monoisotopic (exact) mass is 195 g/mol. The van der Waals surface area contributed by atoms with E-state index in [2.05, 4.69) is 10.3 Å². The highest BCUT2D eigenvalue weighted by molar-refractivity contribution is 5.93. The quantitative estimate of drug-likeness (QED) is 0.732. The number of amides is 1. The Bertz CT molecular complexity index is 295. The van der Waals surface area contributed by atoms with Gasteiger partial charge in [-0.05, 0) is 17.7 Å². The number of hydrogen-bond donors (Lipinski definition) is 1. The molecule has 0 radical (unpaired) electrons. The van der Waals surface area contributed by atoms with Crippen molar-refractivity contribution in [3.63, 3.8) is 0 Å². The van der Waals surface area contributed by atoms with E-state index in [4.69, 9.17) is 4.74 Å². The lowest BCUT2D eigenvalue weighted by Gasteiger charge is -2.03. The summed E-state index contributed by atoms with van der Waals surface area (Å²) >= 11 is 0. The molecular weight excluding hydrogens is 182 g/mol. The lowest BCUT2D eigenvalue weighted by Crippen LogP contribution is -2.21. The van der Waals surface area contributed by atoms with Gasteiger partial charge in [-0.3, -0.25) is 9.63 Å². The Morgan fingerprint density at radius 2 is 1.93 bits per heavy atom. The van der Waals surface area contributed by atoms with Crippen molar-refractivity contribution in [2.75, 3.05) is 14.2 Å². The molecule has 0 bridgehead atoms. The third-order valence-corrected chi connectivity index (χ3v) is 1.72. The van der Waals surface area contributed by atoms with Crippen LogP contribution in [0.15, 0.2) is 24.3 Å². The minimum Gasteiger partial charge on any atom is -0.380 e. The number of nitrogens with one attached hydrogen (secondary N) is 1. The largest absolute Gasteiger partial charge is 0.380 e. The molecule has 0 atom stereocenters. The fourth-order valence-corrected chi connectivity index (χ4v) is 1.07. The number of hydroxylamine groups is 1. The molecule has 0 saturated heterocycles. The molecule has 0 aliphatic rings. The van der Waals surface area contributed by atoms with Crippen LogP contribution in [0.1, 0.15) is 15.9 Å². The summed E-state index contributed by atoms with van der Waals surface area (Å²) in [6.45, 7) is 0.548. The van der Waals surface area contributed by atoms with Crippen LogP contribution >= 0.6 is 0 Å². The van der Waals surface area contributed by atoms with Crippen molar-refractivity contribution in [1.29, 1.82) is 0 Å². The zero-order valence-corrected chi connectivity index (χ0v) is 8.24. The molecule has 0 spiro atoms. The number of methoxy groups -OCH3 is 1. The van der Waals surface area contributed by atoms with Crippen molar-refractivity contribution in [3.05, 3.63) is 35.4 Å². The highest BCUT2D eigenvalue weighted by atomic mass is 16.6. The number of carbonyl (C=O) groups excluding carboxylic acids is 1. The van der Waals surface area contributed by atoms with Gasteiger partial charge in [-0.1, -0.05) is 12.1 Å². The standard InChI is InChI=1S/C10H13NO3/c1-13-7-8-3-5-9(6-4-8)10(12)11-14-2/h3-6H,7H2,1-2H3,(H,11,12). The van der Waals surface area contributed by atoms with Gasteiger partial charge in [-0.2, -0.15) is 0 Å². The summed E-state index contributed by atoms with van der Waals surface area (Å²) in [4.78, 5) is 15.8. The predicted molar refractivity (Wildman–Crippen MR) is 51.6 cm³/mol. The second kappa shape index (κ2) is 5.36. The van der Waals surface area contributed by atoms with Crippen LogP contribution < -0.4 is 5.48 Å². The zero-order valence-electron chi connectivity index (χ0n) is 8.24. The fraction of sp³-hybridized carbons (Fsp3) is 0.300. The van der Waals surface area contributed by atoms with E-state index >= 15 is 0 Å². The maximum absolute atomic E-state index is 11.2. The van der Waals surface area contributed by atoms with Crippen molar-refractivity contribution in [1.82, 2.24) is 5.48 Å². The third-order valence-electron chi connectivity index (χ3n) is 1.72. The summed E-state index contributed by atoms with van der Waals surface area (Å²) < 4.78 is 4.95. The number of ether oxygens (including phenoxy) is 1. The Morgan fingerprint density at radius 1 is 1.29 bits per heavy atom. The maximum atomic E-state index is 11.2. The SMILES string of the molecule is COCc1ccc(C(=O)NOC)cc1. The van der Waals surface area contributed by atoms with Gasteiger partial charge in [-0.15, -0.1) is 0 Å². The van der Waals surface area contributed by atoms with Gasteiger partial charge in [0.2, 0.25) is 0 Å². The number of hydrogen-bond acceptors (Lipinski definition) is 3. The molecule has 4 nitrogen and oxygen atoms in total. The summed E-state index contributed by atoms with van der Waals surface area (Å²) in [7, 11) is 3.03. The van der Waals surface area contributed by atoms with E-state index in [-0.39, 0.29) is 5.91 Å². The lowest BCUT2D eigenvalue weighted by atomic mass is 10.1. The third kappa shape index (κ3) is 2.83. The van der Waals surface area contributed by atoms with Crippen molar-refractivity contribution in [2.24, 2.45) is 0 Å². The first-order valence-electron chi connectivity index (χ1n) is 4.19. The fourth-order valence-electron chi connectivity index (χ4n) is 1.07. The van der Waals surface area contributed by atoms with Crippen LogP contribution in [-0.4, -0.2) is 20.1 Å². The maximum Gasteiger partial charge on any atom is 0.274 e. The van der Waals surface area contributed by atoms with E-state index in [0.29, 0.717) is 12.2 Å². The molecule has 0 fully saturated rings. The highest BCUT2D eigenvalue weighted by Gasteiger charge is 2.03. The predicted octanol–water partition coefficient (Wildman–Crippen LogP) is 1.12. The molecule has 0 saturated carbocycles. The number of benzene rings is 1. The molecule has 1 amide bonds. The molecule has 1 aromatic rings. The van der Waals surface area contributed by atoms with Gasteiger partial charge in [0, 0.05) is 12.7 Å². The number of carbonyl (C=O) groups is 1. The first kappa shape index (κ1) is 10.7. The van der Waals surface area contributed by atoms with Gasteiger partial charge >= 0.3 is 0 Å². The van der Waals surface area contributed by atoms with E-state index in [0.717, 1.165) is 5.56 Å². The molecule has 1 N–H and O–H groups in total. The van der Waals surface area contributed by atoms with Gasteiger partial charge < -0.3 is 4.74 Å². The van der Waals surface area contributed by atoms with Crippen molar-refractivity contribution < 1.29 is 14.4 Å². The minimum absolute atomic E-state index is 0.253. The van der Waals surface area contributed by atoms with Crippen LogP contribution in [0.2, 0.25) is 0 Å². The molecule has 0 aliphatic heterocycles. The zero-order chi connectivity index (χ0) is 10.4. The van der Waals surface area contributed by atoms with E-state index in [9.17, 15) is 4.79 Å². The van der Waals surface area contributed by atoms with Gasteiger partial charge in [0.15, 0.2) is 0 Å². The lowest BCUT2D eigenvalue weighted by molar-refractivity contribution is 0.0537. The average molecular weight is 195 g/mol. The van der Waals surface area contributed by atoms with Gasteiger partial charge in [-0.25, -0.2) is 5.48 Å². The Labute approximate surface area is 82.8 Å². The smallest absolute Gasteiger partial charge is 0.274 e. The van der Waals surface area contributed by atoms with Crippen molar-refractivity contribution >= 4 is 5.91 Å². The molecule has 0 aromatic heterocycles. The van der Waals surface area contributed by atoms with Crippen LogP contribution in [0.5, 0.6) is 0 Å². The average Bonchev–Trinajstić information content (AvgIpc) is 2.20. The molecule has 76 valence electrons. The summed E-state index contributed by atoms with van der Waals surface area (Å²) in [5, 5.41) is 0. The molecule has 1 rings (SSSR count). The van der Waals surface area contributed by atoms with Gasteiger partial charge in [0.25, 0.3) is 5.91 Å². The molecule has 14 heavy (non-hydrogen) atoms. The van der Waals surface area contributed by atoms with Gasteiger partial charge in [0.1, 0.15) is 0 Å². The number of rotatable bonds is 4. The molecule has 4 heteroatoms. The van der Waals surface area contributed by atoms with E-state index in [1.807, 2.05) is 12.1 Å². The summed E-state index contributed by atoms with van der Waals surface area (Å²) in [6, 6.07) is 7.13. The Hall–Kier alpha value is -1.39. The summed E-state index contributed by atoms with van der Waals surface area (Å²) in [5.41, 5.74) is 3.83. The Morgan fingerprint density at radius 3 is 2.43 bits per heavy atom. The van der Waals surface area contributed by atoms with Crippen LogP contribution in [0.4, 0.5) is 0 Å². The molecular formula is C10H13NO3. The summed E-state index contributed by atoms with van der Waals surface area (Å²) in [6.07, 6.45) is 0.